The fourth-order valence-electron chi connectivity index (χ4n) is 9.70. The molecule has 0 aromatic heterocycles. The second-order valence-corrected chi connectivity index (χ2v) is 14.6. The van der Waals surface area contributed by atoms with E-state index in [1.54, 1.807) is 14.1 Å². The van der Waals surface area contributed by atoms with Crippen molar-refractivity contribution in [2.24, 2.45) is 52.6 Å². The molecule has 6 aliphatic carbocycles. The molecule has 11 nitrogen and oxygen atoms in total. The van der Waals surface area contributed by atoms with Gasteiger partial charge in [-0.2, -0.15) is 0 Å². The molecule has 0 aliphatic heterocycles. The van der Waals surface area contributed by atoms with Crippen molar-refractivity contribution in [2.45, 2.75) is 64.1 Å². The number of rotatable bonds is 7. The largest absolute Gasteiger partial charge is 0.507 e. The molecule has 5 saturated carbocycles. The van der Waals surface area contributed by atoms with Gasteiger partial charge in [-0.3, -0.25) is 28.9 Å². The number of nitrogens with one attached hydrogen (secondary N) is 1. The Morgan fingerprint density at radius 2 is 1.82 bits per heavy atom. The van der Waals surface area contributed by atoms with Crippen molar-refractivity contribution in [1.29, 1.82) is 0 Å². The summed E-state index contributed by atoms with van der Waals surface area (Å²) in [6, 6.07) is 0.339. The van der Waals surface area contributed by atoms with Gasteiger partial charge in [-0.15, -0.1) is 0 Å². The summed E-state index contributed by atoms with van der Waals surface area (Å²) in [4.78, 5) is 68.3. The number of carbonyl (C=O) groups is 5. The molecular weight excluding hydrogens is 566 g/mol. The molecule has 0 radical (unpaired) electrons. The first-order chi connectivity index (χ1) is 20.7. The van der Waals surface area contributed by atoms with E-state index < -0.39 is 64.4 Å². The first-order valence-electron chi connectivity index (χ1n) is 15.6. The van der Waals surface area contributed by atoms with Crippen molar-refractivity contribution in [1.82, 2.24) is 10.2 Å². The molecule has 6 aliphatic rings. The van der Waals surface area contributed by atoms with Crippen LogP contribution in [0.5, 0.6) is 11.5 Å². The molecule has 0 spiro atoms. The fourth-order valence-corrected chi connectivity index (χ4v) is 9.70. The van der Waals surface area contributed by atoms with E-state index in [0.717, 1.165) is 12.5 Å². The molecule has 44 heavy (non-hydrogen) atoms. The smallest absolute Gasteiger partial charge is 0.235 e. The average molecular weight is 610 g/mol. The first kappa shape index (κ1) is 30.9. The van der Waals surface area contributed by atoms with E-state index in [2.05, 4.69) is 19.2 Å². The van der Waals surface area contributed by atoms with Crippen LogP contribution in [0.15, 0.2) is 6.07 Å². The number of aliphatic hydroxyl groups is 1. The van der Waals surface area contributed by atoms with Gasteiger partial charge >= 0.3 is 0 Å². The maximum Gasteiger partial charge on any atom is 0.235 e. The minimum atomic E-state index is -2.74. The van der Waals surface area contributed by atoms with Crippen molar-refractivity contribution >= 4 is 29.0 Å². The molecule has 1 aromatic rings. The van der Waals surface area contributed by atoms with E-state index in [4.69, 9.17) is 10.5 Å². The van der Waals surface area contributed by atoms with Gasteiger partial charge in [0.1, 0.15) is 11.5 Å². The molecule has 7 rings (SSSR count). The zero-order valence-corrected chi connectivity index (χ0v) is 26.0. The van der Waals surface area contributed by atoms with Crippen LogP contribution in [0.4, 0.5) is 0 Å². The Kier molecular flexibility index (Phi) is 7.33. The van der Waals surface area contributed by atoms with Gasteiger partial charge in [0.2, 0.25) is 5.91 Å². The van der Waals surface area contributed by atoms with E-state index >= 15 is 0 Å². The van der Waals surface area contributed by atoms with Crippen molar-refractivity contribution in [3.8, 4) is 11.5 Å². The molecule has 11 heteroatoms. The molecule has 2 bridgehead atoms. The van der Waals surface area contributed by atoms with Gasteiger partial charge in [-0.05, 0) is 87.9 Å². The molecule has 5 fully saturated rings. The Hall–Kier alpha value is -3.15. The number of nitrogens with two attached hydrogens (primary N) is 1. The number of primary amides is 1. The number of amides is 1. The van der Waals surface area contributed by atoms with Crippen molar-refractivity contribution in [3.63, 3.8) is 0 Å². The number of carbonyl (C=O) groups excluding carboxylic acids is 5. The standard InChI is InChI=1S/C33H43N3O8/c1-32(2)17-7-6-14(19(32)11-17)12-35-13-16-10-21(37)23-18(28(16)44-5)8-15-9-20-25(36(3)4)27(39)24(31(34)42)30(41)33(20,43)29(40)22(15)26(23)38/h10,14-15,17,19-20,22,24-25,35,37,43H,6-9,11-13H2,1-5H3,(H2,34,42)/t14-,15+,17?,19?,20+,22?,24?,25+,33+/m1/s1. The summed E-state index contributed by atoms with van der Waals surface area (Å²) in [6.45, 7) is 5.97. The summed E-state index contributed by atoms with van der Waals surface area (Å²) in [7, 11) is 4.62. The van der Waals surface area contributed by atoms with Crippen molar-refractivity contribution < 1.29 is 38.9 Å². The molecule has 5 N–H and O–H groups in total. The molecular formula is C33H43N3O8. The number of ether oxygens (including phenoxy) is 1. The lowest BCUT2D eigenvalue weighted by Gasteiger charge is -2.60. The number of hydrogen-bond acceptors (Lipinski definition) is 10. The summed E-state index contributed by atoms with van der Waals surface area (Å²) in [5.74, 6) is -8.09. The van der Waals surface area contributed by atoms with E-state index in [0.29, 0.717) is 40.7 Å². The third-order valence-corrected chi connectivity index (χ3v) is 12.0. The fraction of sp³-hybridized carbons (Fsp3) is 0.667. The second-order valence-electron chi connectivity index (χ2n) is 14.6. The van der Waals surface area contributed by atoms with Gasteiger partial charge in [0.25, 0.3) is 0 Å². The van der Waals surface area contributed by atoms with E-state index in [1.807, 2.05) is 0 Å². The van der Waals surface area contributed by atoms with E-state index in [-0.39, 0.29) is 24.2 Å². The van der Waals surface area contributed by atoms with Crippen LogP contribution >= 0.6 is 0 Å². The number of likely N-dealkylation sites (N-methyl/N-ethyl adjacent to an activating group) is 1. The van der Waals surface area contributed by atoms with Crippen LogP contribution in [0, 0.1) is 46.8 Å². The maximum atomic E-state index is 14.0. The lowest BCUT2D eigenvalue weighted by Crippen LogP contribution is -2.74. The SMILES string of the molecule is COc1c(CNC[C@H]2CCC3CC2C3(C)C)cc(O)c2c1C[C@H]1C[C@H]3[C@H](N(C)C)C(=O)C(C(N)=O)C(=O)[C@@]3(O)C(=O)C1C2=O. The van der Waals surface area contributed by atoms with Gasteiger partial charge in [0, 0.05) is 23.6 Å². The number of benzene rings is 1. The normalized spacial score (nSPS) is 37.2. The number of ketones is 4. The Morgan fingerprint density at radius 3 is 2.41 bits per heavy atom. The lowest BCUT2D eigenvalue weighted by atomic mass is 9.45. The van der Waals surface area contributed by atoms with Gasteiger partial charge in [-0.25, -0.2) is 0 Å². The maximum absolute atomic E-state index is 14.0. The van der Waals surface area contributed by atoms with Gasteiger partial charge in [0.15, 0.2) is 34.7 Å². The second kappa shape index (κ2) is 10.5. The van der Waals surface area contributed by atoms with E-state index in [9.17, 15) is 34.2 Å². The molecule has 4 unspecified atom stereocenters. The minimum absolute atomic E-state index is 0.00383. The topological polar surface area (TPSA) is 176 Å². The molecule has 1 amide bonds. The van der Waals surface area contributed by atoms with Crippen molar-refractivity contribution in [3.05, 3.63) is 22.8 Å². The van der Waals surface area contributed by atoms with E-state index in [1.165, 1.54) is 37.3 Å². The average Bonchev–Trinajstić information content (AvgIpc) is 2.94. The third kappa shape index (κ3) is 4.15. The summed E-state index contributed by atoms with van der Waals surface area (Å²) in [6.07, 6.45) is 3.87. The van der Waals surface area contributed by atoms with Crippen LogP contribution in [0.25, 0.3) is 0 Å². The predicted octanol–water partition coefficient (Wildman–Crippen LogP) is 1.04. The van der Waals surface area contributed by atoms with Gasteiger partial charge < -0.3 is 26.0 Å². The molecule has 0 heterocycles. The summed E-state index contributed by atoms with van der Waals surface area (Å²) in [5, 5.41) is 26.4. The van der Waals surface area contributed by atoms with Crippen LogP contribution in [-0.4, -0.2) is 83.5 Å². The number of aromatic hydroxyl groups is 1. The molecule has 9 atom stereocenters. The van der Waals surface area contributed by atoms with Crippen LogP contribution < -0.4 is 15.8 Å². The zero-order valence-electron chi connectivity index (χ0n) is 26.0. The van der Waals surface area contributed by atoms with Crippen LogP contribution in [0.1, 0.15) is 61.0 Å². The number of methoxy groups -OCH3 is 1. The van der Waals surface area contributed by atoms with Crippen molar-refractivity contribution in [2.75, 3.05) is 27.7 Å². The Balaban J connectivity index is 1.31. The highest BCUT2D eigenvalue weighted by Gasteiger charge is 2.69. The predicted molar refractivity (Wildman–Crippen MR) is 158 cm³/mol. The highest BCUT2D eigenvalue weighted by Crippen LogP contribution is 2.61. The number of nitrogens with zero attached hydrogens (tertiary/aromatic N) is 1. The third-order valence-electron chi connectivity index (χ3n) is 12.0. The Bertz CT molecular complexity index is 1470. The monoisotopic (exact) mass is 609 g/mol. The summed E-state index contributed by atoms with van der Waals surface area (Å²) in [5.41, 5.74) is 4.11. The zero-order chi connectivity index (χ0) is 32.0. The van der Waals surface area contributed by atoms with Crippen LogP contribution in [0.3, 0.4) is 0 Å². The highest BCUT2D eigenvalue weighted by molar-refractivity contribution is 6.32. The minimum Gasteiger partial charge on any atom is -0.507 e. The first-order valence-corrected chi connectivity index (χ1v) is 15.6. The highest BCUT2D eigenvalue weighted by atomic mass is 16.5. The summed E-state index contributed by atoms with van der Waals surface area (Å²) >= 11 is 0. The molecule has 1 aromatic carbocycles. The number of phenols is 1. The quantitative estimate of drug-likeness (QED) is 0.327. The van der Waals surface area contributed by atoms with Gasteiger partial charge in [-0.1, -0.05) is 13.8 Å². The van der Waals surface area contributed by atoms with Crippen LogP contribution in [0.2, 0.25) is 0 Å². The number of hydrogen-bond donors (Lipinski definition) is 4. The Morgan fingerprint density at radius 1 is 1.11 bits per heavy atom. The number of Topliss-reactive ketones (excluding diaryl/α,β-unsaturated/α-hetero) is 4. The van der Waals surface area contributed by atoms with Gasteiger partial charge in [0.05, 0.1) is 24.6 Å². The molecule has 0 saturated heterocycles. The van der Waals surface area contributed by atoms with Crippen LogP contribution in [-0.2, 0) is 32.1 Å². The number of phenolic OH excluding ortho intramolecular Hbond substituents is 1. The Labute approximate surface area is 256 Å². The molecule has 238 valence electrons. The lowest BCUT2D eigenvalue weighted by molar-refractivity contribution is -0.181. The summed E-state index contributed by atoms with van der Waals surface area (Å²) < 4.78 is 5.81. The number of fused-ring (bicyclic) bond motifs is 5.